The van der Waals surface area contributed by atoms with Crippen molar-refractivity contribution >= 4 is 11.6 Å². The predicted octanol–water partition coefficient (Wildman–Crippen LogP) is 2.81. The number of allylic oxidation sites excluding steroid dienone is 2. The molecule has 0 fully saturated rings. The fourth-order valence-electron chi connectivity index (χ4n) is 2.18. The summed E-state index contributed by atoms with van der Waals surface area (Å²) in [5.74, 6) is -2.49. The zero-order valence-electron chi connectivity index (χ0n) is 11.0. The second-order valence-electron chi connectivity index (χ2n) is 4.74. The summed E-state index contributed by atoms with van der Waals surface area (Å²) in [5, 5.41) is 18.9. The van der Waals surface area contributed by atoms with Gasteiger partial charge in [-0.25, -0.2) is 0 Å². The summed E-state index contributed by atoms with van der Waals surface area (Å²) in [6, 6.07) is 9.95. The molecule has 2 N–H and O–H groups in total. The fraction of sp³-hybridized carbons (Fsp3) is 0.250. The molecule has 0 saturated heterocycles. The minimum absolute atomic E-state index is 0.0167. The molecular formula is C16H16O4. The summed E-state index contributed by atoms with van der Waals surface area (Å²) in [6.45, 7) is 0. The number of benzene rings is 1. The van der Waals surface area contributed by atoms with Crippen LogP contribution in [0.25, 0.3) is 0 Å². The van der Waals surface area contributed by atoms with Gasteiger partial charge in [-0.3, -0.25) is 9.59 Å². The van der Waals surface area contributed by atoms with Gasteiger partial charge in [0.2, 0.25) is 11.6 Å². The molecule has 0 heterocycles. The molecule has 1 aromatic rings. The predicted molar refractivity (Wildman–Crippen MR) is 74.4 cm³/mol. The smallest absolute Gasteiger partial charge is 0.227 e. The van der Waals surface area contributed by atoms with E-state index in [-0.39, 0.29) is 5.57 Å². The first-order valence-electron chi connectivity index (χ1n) is 6.55. The van der Waals surface area contributed by atoms with E-state index in [0.29, 0.717) is 12.8 Å². The van der Waals surface area contributed by atoms with Crippen molar-refractivity contribution < 1.29 is 19.8 Å². The molecule has 0 unspecified atom stereocenters. The Hall–Kier alpha value is -2.36. The number of ketones is 2. The van der Waals surface area contributed by atoms with Crippen LogP contribution in [0.5, 0.6) is 0 Å². The lowest BCUT2D eigenvalue weighted by atomic mass is 9.94. The number of carbonyl (C=O) groups excluding carboxylic acids is 2. The van der Waals surface area contributed by atoms with Crippen molar-refractivity contribution in [1.29, 1.82) is 0 Å². The summed E-state index contributed by atoms with van der Waals surface area (Å²) >= 11 is 0. The molecule has 1 aliphatic rings. The zero-order valence-corrected chi connectivity index (χ0v) is 11.0. The number of hydrogen-bond donors (Lipinski definition) is 2. The molecule has 0 saturated carbocycles. The van der Waals surface area contributed by atoms with Crippen LogP contribution in [0.2, 0.25) is 0 Å². The maximum absolute atomic E-state index is 11.7. The highest BCUT2D eigenvalue weighted by molar-refractivity contribution is 6.20. The van der Waals surface area contributed by atoms with E-state index in [0.717, 1.165) is 18.9 Å². The van der Waals surface area contributed by atoms with Crippen molar-refractivity contribution in [3.63, 3.8) is 0 Å². The van der Waals surface area contributed by atoms with Crippen LogP contribution >= 0.6 is 0 Å². The summed E-state index contributed by atoms with van der Waals surface area (Å²) in [5.41, 5.74) is 1.22. The molecule has 4 nitrogen and oxygen atoms in total. The molecule has 0 aromatic heterocycles. The Morgan fingerprint density at radius 2 is 1.55 bits per heavy atom. The topological polar surface area (TPSA) is 74.6 Å². The molecule has 0 bridgehead atoms. The maximum atomic E-state index is 11.7. The van der Waals surface area contributed by atoms with Crippen LogP contribution in [-0.4, -0.2) is 21.8 Å². The average molecular weight is 272 g/mol. The van der Waals surface area contributed by atoms with E-state index in [2.05, 4.69) is 0 Å². The average Bonchev–Trinajstić information content (AvgIpc) is 2.45. The third-order valence-electron chi connectivity index (χ3n) is 3.28. The molecule has 4 heteroatoms. The van der Waals surface area contributed by atoms with Crippen LogP contribution in [0.4, 0.5) is 0 Å². The number of aryl methyl sites for hydroxylation is 1. The summed E-state index contributed by atoms with van der Waals surface area (Å²) in [4.78, 5) is 23.0. The van der Waals surface area contributed by atoms with Crippen LogP contribution in [0.3, 0.4) is 0 Å². The molecule has 1 aromatic carbocycles. The van der Waals surface area contributed by atoms with E-state index >= 15 is 0 Å². The number of aliphatic hydroxyl groups excluding tert-OH is 2. The van der Waals surface area contributed by atoms with Gasteiger partial charge in [0.1, 0.15) is 0 Å². The van der Waals surface area contributed by atoms with Gasteiger partial charge in [-0.2, -0.15) is 0 Å². The molecule has 1 aliphatic carbocycles. The van der Waals surface area contributed by atoms with Crippen molar-refractivity contribution in [2.75, 3.05) is 0 Å². The Morgan fingerprint density at radius 1 is 0.900 bits per heavy atom. The minimum Gasteiger partial charge on any atom is -0.504 e. The van der Waals surface area contributed by atoms with Gasteiger partial charge in [-0.1, -0.05) is 30.3 Å². The van der Waals surface area contributed by atoms with E-state index in [1.54, 1.807) is 0 Å². The molecule has 2 rings (SSSR count). The Balaban J connectivity index is 1.89. The first-order valence-corrected chi connectivity index (χ1v) is 6.55. The third-order valence-corrected chi connectivity index (χ3v) is 3.28. The number of aliphatic hydroxyl groups is 2. The fourth-order valence-corrected chi connectivity index (χ4v) is 2.18. The van der Waals surface area contributed by atoms with Gasteiger partial charge in [-0.05, 0) is 31.2 Å². The van der Waals surface area contributed by atoms with E-state index in [9.17, 15) is 19.8 Å². The molecule has 0 spiro atoms. The summed E-state index contributed by atoms with van der Waals surface area (Å²) in [7, 11) is 0. The Kier molecular flexibility index (Phi) is 4.35. The Labute approximate surface area is 117 Å². The number of rotatable bonds is 5. The number of carbonyl (C=O) groups is 2. The largest absolute Gasteiger partial charge is 0.504 e. The molecule has 20 heavy (non-hydrogen) atoms. The molecule has 0 radical (unpaired) electrons. The highest BCUT2D eigenvalue weighted by Gasteiger charge is 2.27. The van der Waals surface area contributed by atoms with Gasteiger partial charge >= 0.3 is 0 Å². The lowest BCUT2D eigenvalue weighted by molar-refractivity contribution is -0.119. The number of hydrogen-bond acceptors (Lipinski definition) is 4. The quantitative estimate of drug-likeness (QED) is 0.638. The van der Waals surface area contributed by atoms with Gasteiger partial charge in [-0.15, -0.1) is 0 Å². The van der Waals surface area contributed by atoms with Crippen molar-refractivity contribution in [2.45, 2.75) is 25.7 Å². The van der Waals surface area contributed by atoms with Crippen LogP contribution in [0, 0.1) is 0 Å². The molecule has 104 valence electrons. The van der Waals surface area contributed by atoms with Crippen molar-refractivity contribution in [3.8, 4) is 0 Å². The number of unbranched alkanes of at least 4 members (excludes halogenated alkanes) is 1. The normalized spacial score (nSPS) is 15.5. The van der Waals surface area contributed by atoms with Crippen LogP contribution in [-0.2, 0) is 16.0 Å². The SMILES string of the molecule is O=C1C=C(O)C(=O)C(CCCCc2ccccc2)=C1O. The second kappa shape index (κ2) is 6.19. The number of Topliss-reactive ketones (excluding diaryl/α,β-unsaturated/α-hetero) is 1. The van der Waals surface area contributed by atoms with Crippen molar-refractivity contribution in [2.24, 2.45) is 0 Å². The third kappa shape index (κ3) is 3.15. The molecule has 0 aliphatic heterocycles. The van der Waals surface area contributed by atoms with Gasteiger partial charge in [0, 0.05) is 11.6 Å². The summed E-state index contributed by atoms with van der Waals surface area (Å²) in [6.07, 6.45) is 3.43. The Morgan fingerprint density at radius 3 is 2.25 bits per heavy atom. The monoisotopic (exact) mass is 272 g/mol. The van der Waals surface area contributed by atoms with Gasteiger partial charge < -0.3 is 10.2 Å². The lowest BCUT2D eigenvalue weighted by Gasteiger charge is -2.12. The zero-order chi connectivity index (χ0) is 14.5. The lowest BCUT2D eigenvalue weighted by Crippen LogP contribution is -2.19. The van der Waals surface area contributed by atoms with Crippen LogP contribution in [0.15, 0.2) is 53.5 Å². The van der Waals surface area contributed by atoms with E-state index in [1.807, 2.05) is 30.3 Å². The van der Waals surface area contributed by atoms with Gasteiger partial charge in [0.05, 0.1) is 0 Å². The first-order chi connectivity index (χ1) is 9.59. The Bertz CT molecular complexity index is 582. The summed E-state index contributed by atoms with van der Waals surface area (Å²) < 4.78 is 0. The standard InChI is InChI=1S/C16H16O4/c17-13-10-14(18)16(20)12(15(13)19)9-5-4-8-11-6-2-1-3-7-11/h1-3,6-7,10,17,20H,4-5,8-9H2. The van der Waals surface area contributed by atoms with E-state index in [1.165, 1.54) is 5.56 Å². The highest BCUT2D eigenvalue weighted by Crippen LogP contribution is 2.21. The highest BCUT2D eigenvalue weighted by atomic mass is 16.3. The van der Waals surface area contributed by atoms with Crippen LogP contribution in [0.1, 0.15) is 24.8 Å². The maximum Gasteiger partial charge on any atom is 0.227 e. The molecule has 0 amide bonds. The first kappa shape index (κ1) is 14.1. The van der Waals surface area contributed by atoms with E-state index in [4.69, 9.17) is 0 Å². The van der Waals surface area contributed by atoms with E-state index < -0.39 is 23.1 Å². The minimum atomic E-state index is -0.708. The van der Waals surface area contributed by atoms with Crippen LogP contribution < -0.4 is 0 Å². The molecular weight excluding hydrogens is 256 g/mol. The molecule has 0 atom stereocenters. The van der Waals surface area contributed by atoms with Gasteiger partial charge in [0.25, 0.3) is 0 Å². The van der Waals surface area contributed by atoms with Gasteiger partial charge in [0.15, 0.2) is 11.5 Å². The second-order valence-corrected chi connectivity index (χ2v) is 4.74. The van der Waals surface area contributed by atoms with Crippen molar-refractivity contribution in [3.05, 3.63) is 59.1 Å². The van der Waals surface area contributed by atoms with Crippen molar-refractivity contribution in [1.82, 2.24) is 0 Å².